The van der Waals surface area contributed by atoms with Gasteiger partial charge in [0.05, 0.1) is 6.20 Å². The third-order valence-corrected chi connectivity index (χ3v) is 3.21. The van der Waals surface area contributed by atoms with Crippen molar-refractivity contribution in [2.75, 3.05) is 10.6 Å². The maximum absolute atomic E-state index is 12.1. The molecule has 2 aromatic heterocycles. The van der Waals surface area contributed by atoms with Crippen LogP contribution in [0, 0.1) is 6.92 Å². The molecular weight excluding hydrogens is 312 g/mol. The van der Waals surface area contributed by atoms with E-state index in [1.165, 1.54) is 10.9 Å². The average Bonchev–Trinajstić information content (AvgIpc) is 3.11. The molecule has 3 rings (SSSR count). The summed E-state index contributed by atoms with van der Waals surface area (Å²) in [6.45, 7) is 3.48. The second kappa shape index (κ2) is 6.49. The quantitative estimate of drug-likeness (QED) is 0.737. The zero-order valence-corrected chi connectivity index (χ0v) is 13.2. The van der Waals surface area contributed by atoms with E-state index in [1.807, 2.05) is 0 Å². The zero-order chi connectivity index (χ0) is 17.1. The Morgan fingerprint density at radius 3 is 2.88 bits per heavy atom. The van der Waals surface area contributed by atoms with Gasteiger partial charge in [-0.15, -0.1) is 5.10 Å². The van der Waals surface area contributed by atoms with Crippen molar-refractivity contribution in [3.63, 3.8) is 0 Å². The maximum Gasteiger partial charge on any atom is 0.246 e. The van der Waals surface area contributed by atoms with E-state index in [9.17, 15) is 9.59 Å². The zero-order valence-electron chi connectivity index (χ0n) is 13.2. The molecule has 0 unspecified atom stereocenters. The molecule has 0 atom stereocenters. The molecule has 0 fully saturated rings. The summed E-state index contributed by atoms with van der Waals surface area (Å²) < 4.78 is 6.73. The predicted molar refractivity (Wildman–Crippen MR) is 86.3 cm³/mol. The molecule has 2 N–H and O–H groups in total. The van der Waals surface area contributed by atoms with Crippen molar-refractivity contribution in [2.24, 2.45) is 0 Å². The van der Waals surface area contributed by atoms with Gasteiger partial charge in [0.1, 0.15) is 12.1 Å². The number of anilines is 2. The highest BCUT2D eigenvalue weighted by molar-refractivity contribution is 5.92. The van der Waals surface area contributed by atoms with Crippen molar-refractivity contribution < 1.29 is 14.0 Å². The van der Waals surface area contributed by atoms with Crippen LogP contribution >= 0.6 is 0 Å². The van der Waals surface area contributed by atoms with E-state index in [0.717, 1.165) is 0 Å². The number of oxazole rings is 1. The molecule has 2 heterocycles. The first-order valence-electron chi connectivity index (χ1n) is 7.40. The molecule has 0 aliphatic rings. The van der Waals surface area contributed by atoms with Crippen molar-refractivity contribution in [2.45, 2.75) is 26.8 Å². The van der Waals surface area contributed by atoms with Gasteiger partial charge in [0.15, 0.2) is 17.3 Å². The molecule has 0 radical (unpaired) electrons. The number of nitrogens with zero attached hydrogens (tertiary/aromatic N) is 4. The molecule has 9 heteroatoms. The number of rotatable bonds is 5. The van der Waals surface area contributed by atoms with Crippen LogP contribution in [0.1, 0.15) is 19.2 Å². The predicted octanol–water partition coefficient (Wildman–Crippen LogP) is 1.71. The number of benzene rings is 1. The topological polar surface area (TPSA) is 115 Å². The van der Waals surface area contributed by atoms with Gasteiger partial charge in [-0.3, -0.25) is 9.59 Å². The fraction of sp³-hybridized carbons (Fsp3) is 0.267. The number of carbonyl (C=O) groups is 2. The highest BCUT2D eigenvalue weighted by atomic mass is 16.3. The number of aryl methyl sites for hydroxylation is 1. The van der Waals surface area contributed by atoms with Gasteiger partial charge in [-0.2, -0.15) is 0 Å². The van der Waals surface area contributed by atoms with E-state index in [-0.39, 0.29) is 18.4 Å². The summed E-state index contributed by atoms with van der Waals surface area (Å²) in [6, 6.07) is 5.22. The second-order valence-corrected chi connectivity index (χ2v) is 5.17. The summed E-state index contributed by atoms with van der Waals surface area (Å²) in [4.78, 5) is 27.6. The maximum atomic E-state index is 12.1. The van der Waals surface area contributed by atoms with E-state index >= 15 is 0 Å². The fourth-order valence-electron chi connectivity index (χ4n) is 2.13. The first-order valence-corrected chi connectivity index (χ1v) is 7.40. The van der Waals surface area contributed by atoms with Crippen LogP contribution in [0.25, 0.3) is 11.1 Å². The lowest BCUT2D eigenvalue weighted by molar-refractivity contribution is -0.117. The van der Waals surface area contributed by atoms with E-state index in [2.05, 4.69) is 25.9 Å². The van der Waals surface area contributed by atoms with Gasteiger partial charge < -0.3 is 15.1 Å². The smallest absolute Gasteiger partial charge is 0.246 e. The Morgan fingerprint density at radius 2 is 2.08 bits per heavy atom. The first-order chi connectivity index (χ1) is 11.5. The van der Waals surface area contributed by atoms with E-state index in [1.54, 1.807) is 32.0 Å². The molecule has 0 aliphatic heterocycles. The van der Waals surface area contributed by atoms with E-state index in [0.29, 0.717) is 34.9 Å². The monoisotopic (exact) mass is 328 g/mol. The first kappa shape index (κ1) is 15.7. The van der Waals surface area contributed by atoms with Gasteiger partial charge in [-0.1, -0.05) is 12.1 Å². The third kappa shape index (κ3) is 3.57. The molecule has 124 valence electrons. The van der Waals surface area contributed by atoms with Crippen LogP contribution in [-0.2, 0) is 16.1 Å². The lowest BCUT2D eigenvalue weighted by Crippen LogP contribution is -2.19. The Hall–Kier alpha value is -3.23. The Labute approximate surface area is 137 Å². The SMILES string of the molecule is CCC(=O)Nc1cn(CC(=O)Nc2ccc3oc(C)nc3c2)nn1. The van der Waals surface area contributed by atoms with Crippen LogP contribution in [-0.4, -0.2) is 31.8 Å². The molecule has 1 aromatic carbocycles. The van der Waals surface area contributed by atoms with Crippen LogP contribution < -0.4 is 10.6 Å². The van der Waals surface area contributed by atoms with Crippen LogP contribution in [0.3, 0.4) is 0 Å². The summed E-state index contributed by atoms with van der Waals surface area (Å²) in [5.41, 5.74) is 1.95. The highest BCUT2D eigenvalue weighted by Gasteiger charge is 2.09. The highest BCUT2D eigenvalue weighted by Crippen LogP contribution is 2.19. The molecule has 2 amide bonds. The minimum absolute atomic E-state index is 0.0229. The summed E-state index contributed by atoms with van der Waals surface area (Å²) in [6.07, 6.45) is 1.84. The van der Waals surface area contributed by atoms with E-state index in [4.69, 9.17) is 4.42 Å². The number of aromatic nitrogens is 4. The molecule has 0 spiro atoms. The van der Waals surface area contributed by atoms with Crippen LogP contribution in [0.4, 0.5) is 11.5 Å². The van der Waals surface area contributed by atoms with Crippen molar-refractivity contribution >= 4 is 34.4 Å². The summed E-state index contributed by atoms with van der Waals surface area (Å²) in [5, 5.41) is 12.9. The normalized spacial score (nSPS) is 10.8. The molecule has 24 heavy (non-hydrogen) atoms. The molecule has 9 nitrogen and oxygen atoms in total. The number of nitrogens with one attached hydrogen (secondary N) is 2. The lowest BCUT2D eigenvalue weighted by Gasteiger charge is -2.04. The van der Waals surface area contributed by atoms with Crippen LogP contribution in [0.15, 0.2) is 28.8 Å². The number of fused-ring (bicyclic) bond motifs is 1. The second-order valence-electron chi connectivity index (χ2n) is 5.17. The minimum atomic E-state index is -0.271. The van der Waals surface area contributed by atoms with E-state index < -0.39 is 0 Å². The standard InChI is InChI=1S/C15H16N6O3/c1-3-14(22)18-13-7-21(20-19-13)8-15(23)17-10-4-5-12-11(6-10)16-9(2)24-12/h4-7H,3,8H2,1-2H3,(H,17,23)(H,18,22). The molecular formula is C15H16N6O3. The fourth-order valence-corrected chi connectivity index (χ4v) is 2.13. The largest absolute Gasteiger partial charge is 0.441 e. The molecule has 0 saturated carbocycles. The third-order valence-electron chi connectivity index (χ3n) is 3.21. The average molecular weight is 328 g/mol. The van der Waals surface area contributed by atoms with Gasteiger partial charge >= 0.3 is 0 Å². The van der Waals surface area contributed by atoms with Crippen LogP contribution in [0.2, 0.25) is 0 Å². The number of hydrogen-bond acceptors (Lipinski definition) is 6. The number of carbonyl (C=O) groups excluding carboxylic acids is 2. The van der Waals surface area contributed by atoms with Gasteiger partial charge in [0.2, 0.25) is 11.8 Å². The number of amides is 2. The van der Waals surface area contributed by atoms with Gasteiger partial charge in [0.25, 0.3) is 0 Å². The lowest BCUT2D eigenvalue weighted by atomic mass is 10.3. The molecule has 0 saturated heterocycles. The number of hydrogen-bond donors (Lipinski definition) is 2. The van der Waals surface area contributed by atoms with Gasteiger partial charge in [0, 0.05) is 19.0 Å². The summed E-state index contributed by atoms with van der Waals surface area (Å²) in [7, 11) is 0. The Kier molecular flexibility index (Phi) is 4.23. The van der Waals surface area contributed by atoms with Crippen molar-refractivity contribution in [1.82, 2.24) is 20.0 Å². The van der Waals surface area contributed by atoms with Crippen molar-refractivity contribution in [1.29, 1.82) is 0 Å². The van der Waals surface area contributed by atoms with Crippen LogP contribution in [0.5, 0.6) is 0 Å². The Bertz CT molecular complexity index is 898. The van der Waals surface area contributed by atoms with Crippen molar-refractivity contribution in [3.8, 4) is 0 Å². The van der Waals surface area contributed by atoms with Gasteiger partial charge in [-0.25, -0.2) is 9.67 Å². The molecule has 0 bridgehead atoms. The van der Waals surface area contributed by atoms with Crippen molar-refractivity contribution in [3.05, 3.63) is 30.3 Å². The molecule has 0 aliphatic carbocycles. The minimum Gasteiger partial charge on any atom is -0.441 e. The molecule has 3 aromatic rings. The Balaban J connectivity index is 1.63. The Morgan fingerprint density at radius 1 is 1.25 bits per heavy atom. The van der Waals surface area contributed by atoms with Gasteiger partial charge in [-0.05, 0) is 18.2 Å². The summed E-state index contributed by atoms with van der Waals surface area (Å²) in [5.74, 6) is 0.447. The summed E-state index contributed by atoms with van der Waals surface area (Å²) >= 11 is 0.